The van der Waals surface area contributed by atoms with Gasteiger partial charge in [-0.1, -0.05) is 194 Å². The Hall–Kier alpha value is -9.82. The molecule has 14 heteroatoms. The van der Waals surface area contributed by atoms with Crippen LogP contribution in [0, 0.1) is 23.5 Å². The highest BCUT2D eigenvalue weighted by atomic mass is 19.1. The highest BCUT2D eigenvalue weighted by Crippen LogP contribution is 2.24. The van der Waals surface area contributed by atoms with Gasteiger partial charge in [0, 0.05) is 62.4 Å². The molecule has 8 rings (SSSR count). The minimum absolute atomic E-state index is 0.124. The smallest absolute Gasteiger partial charge is 0.224 e. The molecule has 0 aromatic heterocycles. The van der Waals surface area contributed by atoms with Crippen molar-refractivity contribution in [3.8, 4) is 22.3 Å². The van der Waals surface area contributed by atoms with Gasteiger partial charge in [-0.15, -0.1) is 0 Å². The van der Waals surface area contributed by atoms with Crippen molar-refractivity contribution in [2.45, 2.75) is 155 Å². The quantitative estimate of drug-likeness (QED) is 0.0321. The second-order valence-corrected chi connectivity index (χ2v) is 26.7. The average molecular weight is 1300 g/mol. The van der Waals surface area contributed by atoms with Gasteiger partial charge >= 0.3 is 0 Å². The zero-order valence-corrected chi connectivity index (χ0v) is 56.0. The van der Waals surface area contributed by atoms with E-state index in [1.165, 1.54) is 24.3 Å². The fraction of sp³-hybridized carbons (Fsp3) is 0.317. The number of rotatable bonds is 32. The molecule has 0 spiro atoms. The molecular formula is C82H90F2N4O8. The van der Waals surface area contributed by atoms with E-state index >= 15 is 0 Å². The van der Waals surface area contributed by atoms with Crippen molar-refractivity contribution in [1.82, 2.24) is 21.3 Å². The summed E-state index contributed by atoms with van der Waals surface area (Å²) in [7, 11) is 0. The van der Waals surface area contributed by atoms with Crippen molar-refractivity contribution in [2.75, 3.05) is 0 Å². The fourth-order valence-corrected chi connectivity index (χ4v) is 11.2. The maximum absolute atomic E-state index is 13.8. The molecule has 0 fully saturated rings. The SMILES string of the molecule is CC(C)(C)NC(=O)C[C@H](CC(=O)CCc1ccccc1)C(=O)N[C@@H](Cc1ccc(F)cc1)C(=O)CCc1ccc(-c2ccccc2)cc1.CC(C)(C)NC(=O)C[C@H](CC(=O)CCc1ccccc1)C(=O)N[C@@H](Cc1ccc(F)cc1)C(=O)CCc1cccc(-c2ccccc2)c1. The predicted octanol–water partition coefficient (Wildman–Crippen LogP) is 14.5. The molecule has 500 valence electrons. The summed E-state index contributed by atoms with van der Waals surface area (Å²) in [5, 5.41) is 11.5. The molecule has 0 saturated carbocycles. The minimum atomic E-state index is -0.957. The molecular weight excluding hydrogens is 1210 g/mol. The van der Waals surface area contributed by atoms with Gasteiger partial charge in [0.2, 0.25) is 23.6 Å². The van der Waals surface area contributed by atoms with E-state index < -0.39 is 58.4 Å². The number of carbonyl (C=O) groups is 8. The Balaban J connectivity index is 0.000000271. The first-order valence-electron chi connectivity index (χ1n) is 33.1. The normalized spacial score (nSPS) is 12.5. The fourth-order valence-electron chi connectivity index (χ4n) is 11.2. The van der Waals surface area contributed by atoms with Gasteiger partial charge in [-0.2, -0.15) is 0 Å². The van der Waals surface area contributed by atoms with Crippen LogP contribution >= 0.6 is 0 Å². The molecule has 0 heterocycles. The van der Waals surface area contributed by atoms with Crippen LogP contribution in [0.5, 0.6) is 0 Å². The van der Waals surface area contributed by atoms with Crippen LogP contribution in [0.15, 0.2) is 218 Å². The second kappa shape index (κ2) is 36.7. The monoisotopic (exact) mass is 1300 g/mol. The Kier molecular flexibility index (Phi) is 28.2. The molecule has 0 unspecified atom stereocenters. The van der Waals surface area contributed by atoms with Crippen LogP contribution in [0.3, 0.4) is 0 Å². The van der Waals surface area contributed by atoms with Crippen molar-refractivity contribution in [3.63, 3.8) is 0 Å². The Bertz CT molecular complexity index is 3820. The van der Waals surface area contributed by atoms with Crippen LogP contribution in [0.2, 0.25) is 0 Å². The van der Waals surface area contributed by atoms with Gasteiger partial charge in [0.05, 0.1) is 23.9 Å². The number of carbonyl (C=O) groups excluding carboxylic acids is 8. The van der Waals surface area contributed by atoms with E-state index in [1.54, 1.807) is 24.3 Å². The molecule has 0 aliphatic carbocycles. The summed E-state index contributed by atoms with van der Waals surface area (Å²) >= 11 is 0. The summed E-state index contributed by atoms with van der Waals surface area (Å²) in [4.78, 5) is 107. The number of Topliss-reactive ketones (excluding diaryl/α,β-unsaturated/α-hetero) is 4. The van der Waals surface area contributed by atoms with Gasteiger partial charge in [0.25, 0.3) is 0 Å². The van der Waals surface area contributed by atoms with E-state index in [0.717, 1.165) is 44.5 Å². The lowest BCUT2D eigenvalue weighted by molar-refractivity contribution is -0.135. The zero-order valence-electron chi connectivity index (χ0n) is 56.0. The van der Waals surface area contributed by atoms with Crippen LogP contribution in [0.1, 0.15) is 126 Å². The third kappa shape index (κ3) is 26.5. The number of aryl methyl sites for hydroxylation is 4. The summed E-state index contributed by atoms with van der Waals surface area (Å²) in [5.41, 5.74) is 8.62. The molecule has 4 atom stereocenters. The molecule has 0 bridgehead atoms. The number of amides is 4. The number of benzene rings is 8. The van der Waals surface area contributed by atoms with Gasteiger partial charge in [0.1, 0.15) is 23.2 Å². The Morgan fingerprint density at radius 3 is 1.04 bits per heavy atom. The Morgan fingerprint density at radius 1 is 0.333 bits per heavy atom. The van der Waals surface area contributed by atoms with Gasteiger partial charge < -0.3 is 21.3 Å². The van der Waals surface area contributed by atoms with Crippen LogP contribution in [-0.4, -0.2) is 69.9 Å². The maximum Gasteiger partial charge on any atom is 0.224 e. The predicted molar refractivity (Wildman–Crippen MR) is 375 cm³/mol. The Labute approximate surface area is 564 Å². The van der Waals surface area contributed by atoms with E-state index in [9.17, 15) is 47.1 Å². The van der Waals surface area contributed by atoms with Crippen LogP contribution in [0.25, 0.3) is 22.3 Å². The molecule has 0 aliphatic rings. The number of nitrogens with one attached hydrogen (secondary N) is 4. The number of ketones is 4. The maximum atomic E-state index is 13.8. The molecule has 4 amide bonds. The number of halogens is 2. The van der Waals surface area contributed by atoms with Gasteiger partial charge in [-0.05, 0) is 160 Å². The van der Waals surface area contributed by atoms with E-state index in [1.807, 2.05) is 205 Å². The number of hydrogen-bond donors (Lipinski definition) is 4. The minimum Gasteiger partial charge on any atom is -0.351 e. The van der Waals surface area contributed by atoms with E-state index in [0.29, 0.717) is 36.8 Å². The third-order valence-electron chi connectivity index (χ3n) is 16.2. The van der Waals surface area contributed by atoms with E-state index in [-0.39, 0.29) is 99.2 Å². The summed E-state index contributed by atoms with van der Waals surface area (Å²) in [6, 6.07) is 65.0. The van der Waals surface area contributed by atoms with Crippen LogP contribution in [-0.2, 0) is 76.9 Å². The first-order valence-corrected chi connectivity index (χ1v) is 33.1. The highest BCUT2D eigenvalue weighted by Gasteiger charge is 2.32. The molecule has 96 heavy (non-hydrogen) atoms. The Morgan fingerprint density at radius 2 is 0.646 bits per heavy atom. The molecule has 8 aromatic rings. The largest absolute Gasteiger partial charge is 0.351 e. The molecule has 0 saturated heterocycles. The third-order valence-corrected chi connectivity index (χ3v) is 16.2. The van der Waals surface area contributed by atoms with Crippen molar-refractivity contribution in [2.24, 2.45) is 11.8 Å². The van der Waals surface area contributed by atoms with Crippen LogP contribution in [0.4, 0.5) is 8.78 Å². The summed E-state index contributed by atoms with van der Waals surface area (Å²) in [6.45, 7) is 11.1. The van der Waals surface area contributed by atoms with E-state index in [2.05, 4.69) is 27.3 Å². The van der Waals surface area contributed by atoms with Crippen molar-refractivity contribution in [1.29, 1.82) is 0 Å². The van der Waals surface area contributed by atoms with Crippen molar-refractivity contribution in [3.05, 3.63) is 263 Å². The average Bonchev–Trinajstić information content (AvgIpc) is 1.29. The lowest BCUT2D eigenvalue weighted by Gasteiger charge is -2.24. The van der Waals surface area contributed by atoms with Gasteiger partial charge in [-0.25, -0.2) is 8.78 Å². The molecule has 8 aromatic carbocycles. The van der Waals surface area contributed by atoms with Crippen molar-refractivity contribution < 1.29 is 47.1 Å². The summed E-state index contributed by atoms with van der Waals surface area (Å²) < 4.78 is 27.4. The van der Waals surface area contributed by atoms with Gasteiger partial charge in [0.15, 0.2) is 11.6 Å². The lowest BCUT2D eigenvalue weighted by atomic mass is 9.92. The zero-order chi connectivity index (χ0) is 69.0. The lowest BCUT2D eigenvalue weighted by Crippen LogP contribution is -2.47. The molecule has 4 N–H and O–H groups in total. The van der Waals surface area contributed by atoms with Crippen molar-refractivity contribution >= 4 is 46.8 Å². The van der Waals surface area contributed by atoms with Crippen LogP contribution < -0.4 is 21.3 Å². The van der Waals surface area contributed by atoms with E-state index in [4.69, 9.17) is 0 Å². The van der Waals surface area contributed by atoms with Gasteiger partial charge in [-0.3, -0.25) is 38.4 Å². The first-order chi connectivity index (χ1) is 45.9. The standard InChI is InChI=1S/2C41H45FN2O4/c1-41(2,3)44-39(47)28-34(27-36(45)23-19-29-11-6-4-7-12-29)40(48)43-37(26-31-17-21-35(42)22-18-31)38(46)24-20-30-13-10-16-33(25-30)32-14-8-5-9-15-32;1-41(2,3)44-39(47)28-34(27-36(45)24-18-29-10-6-4-7-11-29)40(48)43-37(26-31-16-22-35(42)23-17-31)38(46)25-19-30-14-20-33(21-15-30)32-12-8-5-9-13-32/h4-18,21-22,25,34,37H,19-20,23-24,26-28H2,1-3H3,(H,43,48)(H,44,47);4-17,20-23,34,37H,18-19,24-28H2,1-3H3,(H,43,48)(H,44,47)/t2*34-,37-/m00/s1. The molecule has 0 radical (unpaired) electrons. The topological polar surface area (TPSA) is 185 Å². The summed E-state index contributed by atoms with van der Waals surface area (Å²) in [5.74, 6) is -5.11. The second-order valence-electron chi connectivity index (χ2n) is 26.7. The summed E-state index contributed by atoms with van der Waals surface area (Å²) in [6.07, 6.45) is 2.46. The highest BCUT2D eigenvalue weighted by molar-refractivity contribution is 5.96. The number of hydrogen-bond acceptors (Lipinski definition) is 8. The molecule has 0 aliphatic heterocycles. The first kappa shape index (κ1) is 73.6. The molecule has 12 nitrogen and oxygen atoms in total.